The van der Waals surface area contributed by atoms with Crippen LogP contribution in [0.5, 0.6) is 11.5 Å². The van der Waals surface area contributed by atoms with Gasteiger partial charge in [-0.2, -0.15) is 0 Å². The van der Waals surface area contributed by atoms with Gasteiger partial charge in [-0.05, 0) is 42.5 Å². The summed E-state index contributed by atoms with van der Waals surface area (Å²) in [5.41, 5.74) is 1.25. The lowest BCUT2D eigenvalue weighted by atomic mass is 10.2. The predicted octanol–water partition coefficient (Wildman–Crippen LogP) is 3.82. The van der Waals surface area contributed by atoms with Gasteiger partial charge in [-0.15, -0.1) is 0 Å². The molecular formula is C16H15BrO4. The van der Waals surface area contributed by atoms with Crippen LogP contribution in [0.3, 0.4) is 0 Å². The van der Waals surface area contributed by atoms with E-state index in [1.165, 1.54) is 0 Å². The average molecular weight is 351 g/mol. The molecular weight excluding hydrogens is 336 g/mol. The molecule has 0 aliphatic carbocycles. The summed E-state index contributed by atoms with van der Waals surface area (Å²) in [5.74, 6) is 0.956. The van der Waals surface area contributed by atoms with Crippen LogP contribution in [0.4, 0.5) is 0 Å². The van der Waals surface area contributed by atoms with Crippen LogP contribution in [0.2, 0.25) is 0 Å². The van der Waals surface area contributed by atoms with E-state index in [1.54, 1.807) is 56.7 Å². The Morgan fingerprint density at radius 3 is 2.38 bits per heavy atom. The number of methoxy groups -OCH3 is 2. The molecule has 0 fully saturated rings. The Kier molecular flexibility index (Phi) is 5.22. The quantitative estimate of drug-likeness (QED) is 0.769. The fourth-order valence-corrected chi connectivity index (χ4v) is 2.07. The van der Waals surface area contributed by atoms with E-state index in [2.05, 4.69) is 15.9 Å². The smallest absolute Gasteiger partial charge is 0.338 e. The minimum absolute atomic E-state index is 0.120. The Morgan fingerprint density at radius 2 is 1.76 bits per heavy atom. The zero-order chi connectivity index (χ0) is 15.2. The topological polar surface area (TPSA) is 44.8 Å². The normalized spacial score (nSPS) is 10.0. The number of ether oxygens (including phenoxy) is 3. The lowest BCUT2D eigenvalue weighted by Gasteiger charge is -2.11. The Bertz CT molecular complexity index is 623. The molecule has 0 amide bonds. The lowest BCUT2D eigenvalue weighted by molar-refractivity contribution is 0.0470. The van der Waals surface area contributed by atoms with E-state index in [-0.39, 0.29) is 12.6 Å². The van der Waals surface area contributed by atoms with Crippen LogP contribution in [-0.2, 0) is 11.3 Å². The molecule has 0 heterocycles. The molecule has 2 aromatic rings. The summed E-state index contributed by atoms with van der Waals surface area (Å²) in [6.45, 7) is 0.120. The number of carbonyl (C=O) groups is 1. The molecule has 0 aliphatic rings. The highest BCUT2D eigenvalue weighted by Gasteiger charge is 2.10. The molecule has 0 saturated carbocycles. The second-order valence-electron chi connectivity index (χ2n) is 4.26. The fraction of sp³-hybridized carbons (Fsp3) is 0.188. The summed E-state index contributed by atoms with van der Waals surface area (Å²) in [4.78, 5) is 12.0. The Balaban J connectivity index is 2.08. The van der Waals surface area contributed by atoms with Crippen molar-refractivity contribution in [2.75, 3.05) is 14.2 Å². The summed E-state index contributed by atoms with van der Waals surface area (Å²) in [6, 6.07) is 12.4. The van der Waals surface area contributed by atoms with Gasteiger partial charge in [0.1, 0.15) is 18.1 Å². The molecule has 4 nitrogen and oxygen atoms in total. The minimum atomic E-state index is -0.382. The molecule has 21 heavy (non-hydrogen) atoms. The van der Waals surface area contributed by atoms with Crippen molar-refractivity contribution in [2.45, 2.75) is 6.61 Å². The SMILES string of the molecule is COc1ccc(OC)c(COC(=O)c2ccc(Br)cc2)c1. The number of esters is 1. The summed E-state index contributed by atoms with van der Waals surface area (Å²) in [6.07, 6.45) is 0. The third kappa shape index (κ3) is 3.98. The van der Waals surface area contributed by atoms with Gasteiger partial charge in [-0.3, -0.25) is 0 Å². The first-order chi connectivity index (χ1) is 10.1. The van der Waals surface area contributed by atoms with Gasteiger partial charge >= 0.3 is 5.97 Å². The van der Waals surface area contributed by atoms with E-state index < -0.39 is 0 Å². The van der Waals surface area contributed by atoms with Crippen molar-refractivity contribution in [2.24, 2.45) is 0 Å². The fourth-order valence-electron chi connectivity index (χ4n) is 1.81. The van der Waals surface area contributed by atoms with Gasteiger partial charge in [0.05, 0.1) is 19.8 Å². The van der Waals surface area contributed by atoms with Crippen molar-refractivity contribution in [1.82, 2.24) is 0 Å². The Morgan fingerprint density at radius 1 is 1.05 bits per heavy atom. The molecule has 0 aromatic heterocycles. The maximum Gasteiger partial charge on any atom is 0.338 e. The van der Waals surface area contributed by atoms with E-state index >= 15 is 0 Å². The standard InChI is InChI=1S/C16H15BrO4/c1-19-14-7-8-15(20-2)12(9-14)10-21-16(18)11-3-5-13(17)6-4-11/h3-9H,10H2,1-2H3. The van der Waals surface area contributed by atoms with E-state index in [0.29, 0.717) is 17.1 Å². The summed E-state index contributed by atoms with van der Waals surface area (Å²) in [7, 11) is 3.15. The number of hydrogen-bond donors (Lipinski definition) is 0. The van der Waals surface area contributed by atoms with Gasteiger partial charge in [0.25, 0.3) is 0 Å². The number of carbonyl (C=O) groups excluding carboxylic acids is 1. The van der Waals surface area contributed by atoms with Gasteiger partial charge < -0.3 is 14.2 Å². The van der Waals surface area contributed by atoms with E-state index in [1.807, 2.05) is 0 Å². The number of hydrogen-bond acceptors (Lipinski definition) is 4. The molecule has 0 saturated heterocycles. The second kappa shape index (κ2) is 7.13. The van der Waals surface area contributed by atoms with E-state index in [0.717, 1.165) is 10.0 Å². The second-order valence-corrected chi connectivity index (χ2v) is 5.18. The van der Waals surface area contributed by atoms with Crippen molar-refractivity contribution >= 4 is 21.9 Å². The van der Waals surface area contributed by atoms with E-state index in [4.69, 9.17) is 14.2 Å². The molecule has 5 heteroatoms. The van der Waals surface area contributed by atoms with Gasteiger partial charge in [-0.1, -0.05) is 15.9 Å². The van der Waals surface area contributed by atoms with Crippen LogP contribution >= 0.6 is 15.9 Å². The third-order valence-electron chi connectivity index (χ3n) is 2.93. The molecule has 0 spiro atoms. The molecule has 110 valence electrons. The van der Waals surface area contributed by atoms with Gasteiger partial charge in [0.15, 0.2) is 0 Å². The molecule has 2 rings (SSSR count). The lowest BCUT2D eigenvalue weighted by Crippen LogP contribution is -2.06. The molecule has 0 unspecified atom stereocenters. The molecule has 0 aliphatic heterocycles. The monoisotopic (exact) mass is 350 g/mol. The maximum atomic E-state index is 12.0. The molecule has 2 aromatic carbocycles. The van der Waals surface area contributed by atoms with Crippen LogP contribution in [-0.4, -0.2) is 20.2 Å². The van der Waals surface area contributed by atoms with Gasteiger partial charge in [-0.25, -0.2) is 4.79 Å². The first-order valence-electron chi connectivity index (χ1n) is 6.27. The van der Waals surface area contributed by atoms with Gasteiger partial charge in [0.2, 0.25) is 0 Å². The highest BCUT2D eigenvalue weighted by Crippen LogP contribution is 2.25. The third-order valence-corrected chi connectivity index (χ3v) is 3.45. The number of halogens is 1. The predicted molar refractivity (Wildman–Crippen MR) is 82.8 cm³/mol. The average Bonchev–Trinajstić information content (AvgIpc) is 2.52. The highest BCUT2D eigenvalue weighted by molar-refractivity contribution is 9.10. The van der Waals surface area contributed by atoms with Crippen molar-refractivity contribution in [1.29, 1.82) is 0 Å². The zero-order valence-electron chi connectivity index (χ0n) is 11.8. The maximum absolute atomic E-state index is 12.0. The van der Waals surface area contributed by atoms with Crippen molar-refractivity contribution < 1.29 is 19.0 Å². The summed E-state index contributed by atoms with van der Waals surface area (Å²) >= 11 is 3.32. The number of benzene rings is 2. The molecule has 0 bridgehead atoms. The van der Waals surface area contributed by atoms with Crippen molar-refractivity contribution in [3.05, 3.63) is 58.1 Å². The molecule has 0 atom stereocenters. The van der Waals surface area contributed by atoms with Crippen LogP contribution in [0.25, 0.3) is 0 Å². The van der Waals surface area contributed by atoms with Crippen LogP contribution in [0, 0.1) is 0 Å². The van der Waals surface area contributed by atoms with Crippen molar-refractivity contribution in [3.63, 3.8) is 0 Å². The minimum Gasteiger partial charge on any atom is -0.497 e. The summed E-state index contributed by atoms with van der Waals surface area (Å²) < 4.78 is 16.6. The summed E-state index contributed by atoms with van der Waals surface area (Å²) in [5, 5.41) is 0. The molecule has 0 N–H and O–H groups in total. The van der Waals surface area contributed by atoms with Gasteiger partial charge in [0, 0.05) is 10.0 Å². The first kappa shape index (κ1) is 15.4. The van der Waals surface area contributed by atoms with Crippen LogP contribution in [0.1, 0.15) is 15.9 Å². The number of rotatable bonds is 5. The first-order valence-corrected chi connectivity index (χ1v) is 7.07. The Hall–Kier alpha value is -2.01. The van der Waals surface area contributed by atoms with E-state index in [9.17, 15) is 4.79 Å². The van der Waals surface area contributed by atoms with Crippen molar-refractivity contribution in [3.8, 4) is 11.5 Å². The zero-order valence-corrected chi connectivity index (χ0v) is 13.3. The largest absolute Gasteiger partial charge is 0.497 e. The molecule has 0 radical (unpaired) electrons. The van der Waals surface area contributed by atoms with Crippen LogP contribution in [0.15, 0.2) is 46.9 Å². The Labute approximate surface area is 131 Å². The van der Waals surface area contributed by atoms with Crippen LogP contribution < -0.4 is 9.47 Å². The highest BCUT2D eigenvalue weighted by atomic mass is 79.9.